The van der Waals surface area contributed by atoms with Crippen molar-refractivity contribution in [3.8, 4) is 0 Å². The van der Waals surface area contributed by atoms with Crippen LogP contribution in [0.1, 0.15) is 20.3 Å². The van der Waals surface area contributed by atoms with Crippen molar-refractivity contribution in [1.82, 2.24) is 19.8 Å². The molecule has 7 heteroatoms. The second-order valence-electron chi connectivity index (χ2n) is 4.08. The average molecular weight is 256 g/mol. The van der Waals surface area contributed by atoms with Crippen molar-refractivity contribution in [2.24, 2.45) is 0 Å². The Labute approximate surface area is 103 Å². The van der Waals surface area contributed by atoms with Gasteiger partial charge in [0.15, 0.2) is 5.65 Å². The molecular formula is C10H14ClN5O. The Morgan fingerprint density at radius 1 is 1.53 bits per heavy atom. The molecule has 0 bridgehead atoms. The fourth-order valence-electron chi connectivity index (χ4n) is 1.68. The van der Waals surface area contributed by atoms with Crippen molar-refractivity contribution < 1.29 is 0 Å². The average Bonchev–Trinajstić information content (AvgIpc) is 2.59. The first-order valence-corrected chi connectivity index (χ1v) is 5.85. The Kier molecular flexibility index (Phi) is 3.33. The van der Waals surface area contributed by atoms with Crippen LogP contribution in [-0.4, -0.2) is 31.2 Å². The molecule has 0 aromatic carbocycles. The maximum Gasteiger partial charge on any atom is 0.364 e. The van der Waals surface area contributed by atoms with Gasteiger partial charge in [-0.25, -0.2) is 9.89 Å². The van der Waals surface area contributed by atoms with Crippen LogP contribution in [0.15, 0.2) is 16.9 Å². The van der Waals surface area contributed by atoms with Crippen molar-refractivity contribution in [3.05, 3.63) is 22.6 Å². The predicted octanol–water partition coefficient (Wildman–Crippen LogP) is 1.24. The molecule has 2 aromatic heterocycles. The lowest BCUT2D eigenvalue weighted by Crippen LogP contribution is -2.21. The summed E-state index contributed by atoms with van der Waals surface area (Å²) >= 11 is 5.91. The lowest BCUT2D eigenvalue weighted by atomic mass is 10.2. The van der Waals surface area contributed by atoms with Crippen LogP contribution in [0.3, 0.4) is 0 Å². The van der Waals surface area contributed by atoms with Gasteiger partial charge in [-0.15, -0.1) is 16.7 Å². The number of hydrogen-bond donors (Lipinski definition) is 2. The molecule has 92 valence electrons. The fraction of sp³-hybridized carbons (Fsp3) is 0.500. The molecule has 0 radical (unpaired) electrons. The van der Waals surface area contributed by atoms with Crippen LogP contribution in [0.4, 0.5) is 5.82 Å². The normalized spacial score (nSPS) is 14.8. The van der Waals surface area contributed by atoms with Gasteiger partial charge in [0.1, 0.15) is 5.82 Å². The van der Waals surface area contributed by atoms with Crippen molar-refractivity contribution in [3.63, 3.8) is 0 Å². The third kappa shape index (κ3) is 2.76. The molecular weight excluding hydrogens is 242 g/mol. The number of alkyl halides is 1. The molecule has 0 saturated heterocycles. The molecule has 0 spiro atoms. The van der Waals surface area contributed by atoms with Crippen LogP contribution in [0.25, 0.3) is 5.65 Å². The van der Waals surface area contributed by atoms with Crippen LogP contribution < -0.4 is 11.0 Å². The summed E-state index contributed by atoms with van der Waals surface area (Å²) in [4.78, 5) is 11.3. The minimum atomic E-state index is -0.345. The molecule has 0 fully saturated rings. The number of fused-ring (bicyclic) bond motifs is 1. The van der Waals surface area contributed by atoms with Gasteiger partial charge in [-0.2, -0.15) is 9.61 Å². The van der Waals surface area contributed by atoms with Gasteiger partial charge in [-0.1, -0.05) is 0 Å². The van der Waals surface area contributed by atoms with Crippen LogP contribution in [0, 0.1) is 0 Å². The first-order valence-electron chi connectivity index (χ1n) is 5.41. The first kappa shape index (κ1) is 11.9. The van der Waals surface area contributed by atoms with E-state index in [1.54, 1.807) is 12.1 Å². The van der Waals surface area contributed by atoms with E-state index >= 15 is 0 Å². The van der Waals surface area contributed by atoms with Crippen LogP contribution in [0.5, 0.6) is 0 Å². The number of aromatic amines is 1. The van der Waals surface area contributed by atoms with Gasteiger partial charge in [0, 0.05) is 11.4 Å². The Hall–Kier alpha value is -1.56. The molecule has 2 atom stereocenters. The van der Waals surface area contributed by atoms with Gasteiger partial charge in [0.25, 0.3) is 0 Å². The van der Waals surface area contributed by atoms with Crippen LogP contribution in [0.2, 0.25) is 0 Å². The molecule has 2 N–H and O–H groups in total. The number of halogens is 1. The fourth-order valence-corrected chi connectivity index (χ4v) is 1.95. The highest BCUT2D eigenvalue weighted by Gasteiger charge is 2.08. The molecule has 2 rings (SSSR count). The number of nitrogens with zero attached hydrogens (tertiary/aromatic N) is 3. The van der Waals surface area contributed by atoms with E-state index in [0.717, 1.165) is 6.42 Å². The Morgan fingerprint density at radius 2 is 2.29 bits per heavy atom. The molecule has 2 aromatic rings. The lowest BCUT2D eigenvalue weighted by molar-refractivity contribution is 0.689. The molecule has 0 amide bonds. The molecule has 0 aliphatic carbocycles. The van der Waals surface area contributed by atoms with E-state index < -0.39 is 0 Å². The predicted molar refractivity (Wildman–Crippen MR) is 66.6 cm³/mol. The van der Waals surface area contributed by atoms with E-state index in [4.69, 9.17) is 11.6 Å². The van der Waals surface area contributed by atoms with E-state index in [2.05, 4.69) is 20.6 Å². The smallest absolute Gasteiger partial charge is 0.364 e. The number of rotatable bonds is 4. The highest BCUT2D eigenvalue weighted by molar-refractivity contribution is 6.20. The summed E-state index contributed by atoms with van der Waals surface area (Å²) in [7, 11) is 0. The third-order valence-corrected chi connectivity index (χ3v) is 2.52. The number of H-pyrrole nitrogens is 1. The van der Waals surface area contributed by atoms with Crippen molar-refractivity contribution >= 4 is 23.1 Å². The summed E-state index contributed by atoms with van der Waals surface area (Å²) < 4.78 is 1.22. The number of nitrogens with one attached hydrogen (secondary N) is 2. The van der Waals surface area contributed by atoms with Crippen molar-refractivity contribution in [2.45, 2.75) is 31.7 Å². The second kappa shape index (κ2) is 4.75. The molecule has 17 heavy (non-hydrogen) atoms. The topological polar surface area (TPSA) is 75.1 Å². The van der Waals surface area contributed by atoms with E-state index in [9.17, 15) is 4.79 Å². The molecule has 6 nitrogen and oxygen atoms in total. The highest BCUT2D eigenvalue weighted by atomic mass is 35.5. The van der Waals surface area contributed by atoms with Crippen LogP contribution >= 0.6 is 11.6 Å². The molecule has 0 saturated carbocycles. The second-order valence-corrected chi connectivity index (χ2v) is 4.82. The monoisotopic (exact) mass is 255 g/mol. The molecule has 2 unspecified atom stereocenters. The van der Waals surface area contributed by atoms with Gasteiger partial charge in [-0.05, 0) is 32.4 Å². The maximum absolute atomic E-state index is 11.3. The zero-order valence-corrected chi connectivity index (χ0v) is 10.4. The van der Waals surface area contributed by atoms with Crippen LogP contribution in [-0.2, 0) is 0 Å². The SMILES string of the molecule is CC(Cl)CC(C)Nc1ccc2n[nH]c(=O)n2n1. The van der Waals surface area contributed by atoms with E-state index in [0.29, 0.717) is 11.5 Å². The van der Waals surface area contributed by atoms with Crippen molar-refractivity contribution in [1.29, 1.82) is 0 Å². The third-order valence-electron chi connectivity index (χ3n) is 2.35. The summed E-state index contributed by atoms with van der Waals surface area (Å²) in [5.41, 5.74) is 0.154. The minimum absolute atomic E-state index is 0.0953. The van der Waals surface area contributed by atoms with Gasteiger partial charge in [0.05, 0.1) is 0 Å². The zero-order chi connectivity index (χ0) is 12.4. The largest absolute Gasteiger partial charge is 0.366 e. The summed E-state index contributed by atoms with van der Waals surface area (Å²) in [5.74, 6) is 0.630. The first-order chi connectivity index (χ1) is 8.06. The van der Waals surface area contributed by atoms with Gasteiger partial charge >= 0.3 is 5.69 Å². The van der Waals surface area contributed by atoms with Gasteiger partial charge in [-0.3, -0.25) is 0 Å². The summed E-state index contributed by atoms with van der Waals surface area (Å²) in [5, 5.41) is 13.6. The van der Waals surface area contributed by atoms with Gasteiger partial charge < -0.3 is 5.32 Å². The van der Waals surface area contributed by atoms with E-state index in [1.165, 1.54) is 4.52 Å². The Bertz CT molecular complexity index is 561. The maximum atomic E-state index is 11.3. The Morgan fingerprint density at radius 3 is 3.00 bits per heavy atom. The van der Waals surface area contributed by atoms with E-state index in [-0.39, 0.29) is 17.1 Å². The number of hydrogen-bond acceptors (Lipinski definition) is 4. The number of aromatic nitrogens is 4. The number of anilines is 1. The zero-order valence-electron chi connectivity index (χ0n) is 9.64. The quantitative estimate of drug-likeness (QED) is 0.806. The van der Waals surface area contributed by atoms with Gasteiger partial charge in [0.2, 0.25) is 0 Å². The highest BCUT2D eigenvalue weighted by Crippen LogP contribution is 2.10. The Balaban J connectivity index is 2.19. The molecule has 0 aliphatic heterocycles. The van der Waals surface area contributed by atoms with Crippen molar-refractivity contribution in [2.75, 3.05) is 5.32 Å². The molecule has 2 heterocycles. The summed E-state index contributed by atoms with van der Waals surface area (Å²) in [6.07, 6.45) is 0.821. The lowest BCUT2D eigenvalue weighted by Gasteiger charge is -2.15. The standard InChI is InChI=1S/C10H14ClN5O/c1-6(11)5-7(2)12-8-3-4-9-13-14-10(17)16(9)15-8/h3-4,6-7H,5H2,1-2H3,(H,12,15)(H,14,17). The van der Waals surface area contributed by atoms with E-state index in [1.807, 2.05) is 13.8 Å². The summed E-state index contributed by atoms with van der Waals surface area (Å²) in [6.45, 7) is 3.96. The molecule has 0 aliphatic rings. The summed E-state index contributed by atoms with van der Waals surface area (Å²) in [6, 6.07) is 3.70. The minimum Gasteiger partial charge on any atom is -0.366 e.